The van der Waals surface area contributed by atoms with E-state index in [2.05, 4.69) is 12.2 Å². The lowest BCUT2D eigenvalue weighted by molar-refractivity contribution is 0.200. The third kappa shape index (κ3) is 4.89. The maximum atomic E-state index is 11.5. The molecule has 0 saturated heterocycles. The number of ether oxygens (including phenoxy) is 1. The number of para-hydroxylation sites is 1. The second-order valence-corrected chi connectivity index (χ2v) is 3.98. The molecule has 1 aromatic rings. The molecule has 17 heavy (non-hydrogen) atoms. The van der Waals surface area contributed by atoms with Gasteiger partial charge in [-0.05, 0) is 24.5 Å². The van der Waals surface area contributed by atoms with Crippen molar-refractivity contribution in [1.29, 1.82) is 0 Å². The average Bonchev–Trinajstić information content (AvgIpc) is 2.35. The highest BCUT2D eigenvalue weighted by atomic mass is 16.6. The quantitative estimate of drug-likeness (QED) is 0.766. The summed E-state index contributed by atoms with van der Waals surface area (Å²) >= 11 is 0. The summed E-state index contributed by atoms with van der Waals surface area (Å²) in [6, 6.07) is 7.62. The fourth-order valence-corrected chi connectivity index (χ4v) is 1.60. The Kier molecular flexibility index (Phi) is 6.15. The number of hydrogen-bond donors (Lipinski definition) is 1. The van der Waals surface area contributed by atoms with E-state index in [0.717, 1.165) is 31.2 Å². The number of unbranched alkanes of at least 4 members (excludes halogenated alkanes) is 2. The van der Waals surface area contributed by atoms with Gasteiger partial charge in [0.2, 0.25) is 0 Å². The Morgan fingerprint density at radius 1 is 1.24 bits per heavy atom. The minimum absolute atomic E-state index is 0.359. The van der Waals surface area contributed by atoms with Crippen molar-refractivity contribution >= 4 is 6.09 Å². The third-order valence-corrected chi connectivity index (χ3v) is 2.61. The molecule has 0 aliphatic rings. The molecular formula is C14H21NO2. The Balaban J connectivity index is 2.39. The van der Waals surface area contributed by atoms with Gasteiger partial charge in [-0.2, -0.15) is 0 Å². The summed E-state index contributed by atoms with van der Waals surface area (Å²) in [7, 11) is 0. The summed E-state index contributed by atoms with van der Waals surface area (Å²) in [4.78, 5) is 11.5. The van der Waals surface area contributed by atoms with Crippen molar-refractivity contribution in [2.75, 3.05) is 6.54 Å². The number of nitrogens with one attached hydrogen (secondary N) is 1. The molecule has 1 N–H and O–H groups in total. The molecule has 94 valence electrons. The van der Waals surface area contributed by atoms with Gasteiger partial charge in [0, 0.05) is 6.54 Å². The first-order chi connectivity index (χ1) is 8.27. The van der Waals surface area contributed by atoms with Crippen LogP contribution in [-0.2, 0) is 6.42 Å². The zero-order valence-electron chi connectivity index (χ0n) is 10.7. The number of aryl methyl sites for hydroxylation is 1. The Morgan fingerprint density at radius 3 is 2.71 bits per heavy atom. The summed E-state index contributed by atoms with van der Waals surface area (Å²) < 4.78 is 5.27. The van der Waals surface area contributed by atoms with Gasteiger partial charge in [-0.1, -0.05) is 44.9 Å². The maximum absolute atomic E-state index is 11.5. The predicted molar refractivity (Wildman–Crippen MR) is 69.4 cm³/mol. The van der Waals surface area contributed by atoms with Crippen molar-refractivity contribution in [1.82, 2.24) is 5.32 Å². The lowest BCUT2D eigenvalue weighted by Gasteiger charge is -2.09. The summed E-state index contributed by atoms with van der Waals surface area (Å²) in [6.07, 6.45) is 3.78. The van der Waals surface area contributed by atoms with E-state index in [1.54, 1.807) is 0 Å². The van der Waals surface area contributed by atoms with Gasteiger partial charge in [-0.3, -0.25) is 0 Å². The summed E-state index contributed by atoms with van der Waals surface area (Å²) in [5.74, 6) is 0.656. The molecule has 0 radical (unpaired) electrons. The van der Waals surface area contributed by atoms with E-state index in [9.17, 15) is 4.79 Å². The zero-order valence-corrected chi connectivity index (χ0v) is 10.7. The van der Waals surface area contributed by atoms with Crippen molar-refractivity contribution in [3.63, 3.8) is 0 Å². The number of rotatable bonds is 6. The molecule has 1 aromatic carbocycles. The van der Waals surface area contributed by atoms with Gasteiger partial charge in [0.15, 0.2) is 0 Å². The third-order valence-electron chi connectivity index (χ3n) is 2.61. The van der Waals surface area contributed by atoms with E-state index >= 15 is 0 Å². The molecule has 0 aliphatic carbocycles. The van der Waals surface area contributed by atoms with Crippen LogP contribution in [0.25, 0.3) is 0 Å². The number of carbonyl (C=O) groups is 1. The van der Waals surface area contributed by atoms with Gasteiger partial charge in [0.25, 0.3) is 0 Å². The first-order valence-electron chi connectivity index (χ1n) is 6.31. The van der Waals surface area contributed by atoms with Crippen LogP contribution in [0, 0.1) is 0 Å². The first-order valence-corrected chi connectivity index (χ1v) is 6.31. The molecule has 0 saturated carbocycles. The fourth-order valence-electron chi connectivity index (χ4n) is 1.60. The molecule has 0 bridgehead atoms. The Labute approximate surface area is 103 Å². The van der Waals surface area contributed by atoms with E-state index in [1.807, 2.05) is 31.2 Å². The Bertz CT molecular complexity index is 350. The van der Waals surface area contributed by atoms with Crippen molar-refractivity contribution in [3.8, 4) is 5.75 Å². The van der Waals surface area contributed by atoms with Gasteiger partial charge >= 0.3 is 6.09 Å². The van der Waals surface area contributed by atoms with E-state index in [1.165, 1.54) is 0 Å². The molecule has 0 unspecified atom stereocenters. The number of hydrogen-bond acceptors (Lipinski definition) is 2. The van der Waals surface area contributed by atoms with Crippen LogP contribution in [0.4, 0.5) is 4.79 Å². The first kappa shape index (κ1) is 13.6. The normalized spacial score (nSPS) is 10.0. The molecule has 0 atom stereocenters. The SMILES string of the molecule is CCCCCNC(=O)Oc1ccccc1CC. The van der Waals surface area contributed by atoms with Crippen LogP contribution in [0.15, 0.2) is 24.3 Å². The zero-order chi connectivity index (χ0) is 12.5. The highest BCUT2D eigenvalue weighted by molar-refractivity contribution is 5.70. The largest absolute Gasteiger partial charge is 0.412 e. The van der Waals surface area contributed by atoms with Crippen molar-refractivity contribution in [2.45, 2.75) is 39.5 Å². The van der Waals surface area contributed by atoms with Crippen LogP contribution >= 0.6 is 0 Å². The van der Waals surface area contributed by atoms with E-state index in [-0.39, 0.29) is 6.09 Å². The van der Waals surface area contributed by atoms with Crippen LogP contribution in [0.1, 0.15) is 38.7 Å². The van der Waals surface area contributed by atoms with Crippen molar-refractivity contribution in [2.24, 2.45) is 0 Å². The number of benzene rings is 1. The maximum Gasteiger partial charge on any atom is 0.412 e. The molecule has 1 amide bonds. The minimum atomic E-state index is -0.359. The van der Waals surface area contributed by atoms with E-state index in [4.69, 9.17) is 4.74 Å². The minimum Gasteiger partial charge on any atom is -0.410 e. The van der Waals surface area contributed by atoms with E-state index < -0.39 is 0 Å². The smallest absolute Gasteiger partial charge is 0.410 e. The highest BCUT2D eigenvalue weighted by Crippen LogP contribution is 2.18. The summed E-state index contributed by atoms with van der Waals surface area (Å²) in [5, 5.41) is 2.76. The van der Waals surface area contributed by atoms with Crippen LogP contribution in [0.5, 0.6) is 5.75 Å². The standard InChI is InChI=1S/C14H21NO2/c1-3-5-8-11-15-14(16)17-13-10-7-6-9-12(13)4-2/h6-7,9-10H,3-5,8,11H2,1-2H3,(H,15,16). The van der Waals surface area contributed by atoms with Crippen LogP contribution in [0.3, 0.4) is 0 Å². The molecule has 1 rings (SSSR count). The fraction of sp³-hybridized carbons (Fsp3) is 0.500. The lowest BCUT2D eigenvalue weighted by atomic mass is 10.1. The summed E-state index contributed by atoms with van der Waals surface area (Å²) in [6.45, 7) is 4.86. The molecule has 0 aliphatic heterocycles. The second kappa shape index (κ2) is 7.71. The van der Waals surface area contributed by atoms with Crippen molar-refractivity contribution in [3.05, 3.63) is 29.8 Å². The molecule has 0 spiro atoms. The monoisotopic (exact) mass is 235 g/mol. The van der Waals surface area contributed by atoms with E-state index in [0.29, 0.717) is 12.3 Å². The molecule has 0 aromatic heterocycles. The van der Waals surface area contributed by atoms with Gasteiger partial charge in [0.1, 0.15) is 5.75 Å². The van der Waals surface area contributed by atoms with Crippen molar-refractivity contribution < 1.29 is 9.53 Å². The van der Waals surface area contributed by atoms with Gasteiger partial charge in [-0.15, -0.1) is 0 Å². The number of carbonyl (C=O) groups excluding carboxylic acids is 1. The molecule has 3 heteroatoms. The van der Waals surface area contributed by atoms with Crippen LogP contribution in [0.2, 0.25) is 0 Å². The Morgan fingerprint density at radius 2 is 2.00 bits per heavy atom. The predicted octanol–water partition coefficient (Wildman–Crippen LogP) is 3.53. The molecule has 0 heterocycles. The van der Waals surface area contributed by atoms with Gasteiger partial charge < -0.3 is 10.1 Å². The molecule has 0 fully saturated rings. The highest BCUT2D eigenvalue weighted by Gasteiger charge is 2.06. The van der Waals surface area contributed by atoms with Crippen LogP contribution in [-0.4, -0.2) is 12.6 Å². The van der Waals surface area contributed by atoms with Gasteiger partial charge in [0.05, 0.1) is 0 Å². The summed E-state index contributed by atoms with van der Waals surface area (Å²) in [5.41, 5.74) is 1.05. The topological polar surface area (TPSA) is 38.3 Å². The molecular weight excluding hydrogens is 214 g/mol. The van der Waals surface area contributed by atoms with Gasteiger partial charge in [-0.25, -0.2) is 4.79 Å². The second-order valence-electron chi connectivity index (χ2n) is 3.98. The Hall–Kier alpha value is -1.51. The average molecular weight is 235 g/mol. The number of amides is 1. The lowest BCUT2D eigenvalue weighted by Crippen LogP contribution is -2.28. The van der Waals surface area contributed by atoms with Crippen LogP contribution < -0.4 is 10.1 Å². The molecule has 3 nitrogen and oxygen atoms in total.